The van der Waals surface area contributed by atoms with Gasteiger partial charge in [0, 0.05) is 11.6 Å². The summed E-state index contributed by atoms with van der Waals surface area (Å²) in [6, 6.07) is 21.7. The van der Waals surface area contributed by atoms with Gasteiger partial charge < -0.3 is 5.32 Å². The molecule has 0 bridgehead atoms. The van der Waals surface area contributed by atoms with E-state index in [-0.39, 0.29) is 11.9 Å². The van der Waals surface area contributed by atoms with Gasteiger partial charge in [-0.05, 0) is 31.5 Å². The lowest BCUT2D eigenvalue weighted by Gasteiger charge is -2.14. The summed E-state index contributed by atoms with van der Waals surface area (Å²) in [6.07, 6.45) is 4.50. The normalized spacial score (nSPS) is 11.9. The fraction of sp³-hybridized carbons (Fsp3) is 0.304. The van der Waals surface area contributed by atoms with E-state index in [1.807, 2.05) is 66.7 Å². The van der Waals surface area contributed by atoms with Gasteiger partial charge in [0.2, 0.25) is 0 Å². The molecule has 1 aromatic heterocycles. The van der Waals surface area contributed by atoms with Gasteiger partial charge in [-0.15, -0.1) is 0 Å². The molecule has 27 heavy (non-hydrogen) atoms. The molecule has 0 unspecified atom stereocenters. The van der Waals surface area contributed by atoms with Crippen molar-refractivity contribution in [3.8, 4) is 16.9 Å². The summed E-state index contributed by atoms with van der Waals surface area (Å²) in [5.74, 6) is -0.0856. The van der Waals surface area contributed by atoms with E-state index >= 15 is 0 Å². The number of para-hydroxylation sites is 1. The number of hydrogen-bond acceptors (Lipinski definition) is 2. The molecular weight excluding hydrogens is 334 g/mol. The number of nitrogens with one attached hydrogen (secondary N) is 1. The van der Waals surface area contributed by atoms with Crippen LogP contribution >= 0.6 is 0 Å². The molecular formula is C23H27N3O. The summed E-state index contributed by atoms with van der Waals surface area (Å²) in [5, 5.41) is 7.84. The third-order valence-corrected chi connectivity index (χ3v) is 4.63. The highest BCUT2D eigenvalue weighted by molar-refractivity contribution is 5.94. The SMILES string of the molecule is CCCCC[C@H](C)NC(=O)c1cc(-c2ccccc2)nn1-c1ccccc1. The average molecular weight is 361 g/mol. The van der Waals surface area contributed by atoms with Crippen LogP contribution in [0.2, 0.25) is 0 Å². The summed E-state index contributed by atoms with van der Waals surface area (Å²) < 4.78 is 1.73. The molecule has 0 aliphatic rings. The standard InChI is InChI=1S/C23H27N3O/c1-3-4-7-12-18(2)24-23(27)22-17-21(19-13-8-5-9-14-19)25-26(22)20-15-10-6-11-16-20/h5-6,8-11,13-18H,3-4,7,12H2,1-2H3,(H,24,27)/t18-/m0/s1. The Labute approximate surface area is 161 Å². The highest BCUT2D eigenvalue weighted by atomic mass is 16.2. The molecule has 1 atom stereocenters. The molecule has 0 saturated carbocycles. The van der Waals surface area contributed by atoms with E-state index in [1.54, 1.807) is 4.68 Å². The predicted molar refractivity (Wildman–Crippen MR) is 110 cm³/mol. The first-order chi connectivity index (χ1) is 13.2. The van der Waals surface area contributed by atoms with E-state index in [0.29, 0.717) is 5.69 Å². The fourth-order valence-corrected chi connectivity index (χ4v) is 3.13. The molecule has 1 N–H and O–H groups in total. The molecule has 0 aliphatic heterocycles. The number of hydrogen-bond donors (Lipinski definition) is 1. The van der Waals surface area contributed by atoms with Crippen LogP contribution in [0.15, 0.2) is 66.7 Å². The molecule has 0 fully saturated rings. The van der Waals surface area contributed by atoms with Crippen molar-refractivity contribution in [3.05, 3.63) is 72.4 Å². The Kier molecular flexibility index (Phi) is 6.42. The number of carbonyl (C=O) groups excluding carboxylic acids is 1. The Bertz CT molecular complexity index is 856. The predicted octanol–water partition coefficient (Wildman–Crippen LogP) is 5.24. The number of carbonyl (C=O) groups is 1. The molecule has 2 aromatic carbocycles. The lowest BCUT2D eigenvalue weighted by Crippen LogP contribution is -2.33. The Balaban J connectivity index is 1.88. The quantitative estimate of drug-likeness (QED) is 0.558. The molecule has 3 aromatic rings. The molecule has 0 radical (unpaired) electrons. The minimum Gasteiger partial charge on any atom is -0.348 e. The van der Waals surface area contributed by atoms with Crippen molar-refractivity contribution in [3.63, 3.8) is 0 Å². The Morgan fingerprint density at radius 3 is 2.37 bits per heavy atom. The smallest absolute Gasteiger partial charge is 0.270 e. The summed E-state index contributed by atoms with van der Waals surface area (Å²) in [5.41, 5.74) is 3.23. The van der Waals surface area contributed by atoms with E-state index in [2.05, 4.69) is 19.2 Å². The fourth-order valence-electron chi connectivity index (χ4n) is 3.13. The van der Waals surface area contributed by atoms with Gasteiger partial charge in [-0.2, -0.15) is 5.10 Å². The minimum atomic E-state index is -0.0856. The topological polar surface area (TPSA) is 46.9 Å². The van der Waals surface area contributed by atoms with Crippen molar-refractivity contribution in [1.29, 1.82) is 0 Å². The Morgan fingerprint density at radius 1 is 1.04 bits per heavy atom. The van der Waals surface area contributed by atoms with Crippen LogP contribution < -0.4 is 5.32 Å². The van der Waals surface area contributed by atoms with Gasteiger partial charge in [-0.1, -0.05) is 74.7 Å². The number of benzene rings is 2. The van der Waals surface area contributed by atoms with Crippen LogP contribution in [0.3, 0.4) is 0 Å². The van der Waals surface area contributed by atoms with Crippen molar-refractivity contribution >= 4 is 5.91 Å². The van der Waals surface area contributed by atoms with Crippen molar-refractivity contribution in [2.24, 2.45) is 0 Å². The van der Waals surface area contributed by atoms with Crippen molar-refractivity contribution in [1.82, 2.24) is 15.1 Å². The van der Waals surface area contributed by atoms with Gasteiger partial charge in [0.15, 0.2) is 0 Å². The minimum absolute atomic E-state index is 0.0856. The number of rotatable bonds is 8. The molecule has 4 heteroatoms. The van der Waals surface area contributed by atoms with Crippen molar-refractivity contribution in [2.75, 3.05) is 0 Å². The third-order valence-electron chi connectivity index (χ3n) is 4.63. The first-order valence-corrected chi connectivity index (χ1v) is 9.71. The van der Waals surface area contributed by atoms with E-state index in [4.69, 9.17) is 5.10 Å². The zero-order chi connectivity index (χ0) is 19.1. The van der Waals surface area contributed by atoms with Crippen LogP contribution in [0.5, 0.6) is 0 Å². The monoisotopic (exact) mass is 361 g/mol. The van der Waals surface area contributed by atoms with Gasteiger partial charge in [-0.25, -0.2) is 4.68 Å². The van der Waals surface area contributed by atoms with Gasteiger partial charge in [0.05, 0.1) is 11.4 Å². The van der Waals surface area contributed by atoms with Crippen molar-refractivity contribution < 1.29 is 4.79 Å². The zero-order valence-corrected chi connectivity index (χ0v) is 16.1. The van der Waals surface area contributed by atoms with E-state index in [1.165, 1.54) is 12.8 Å². The number of aromatic nitrogens is 2. The first-order valence-electron chi connectivity index (χ1n) is 9.71. The van der Waals surface area contributed by atoms with Crippen LogP contribution in [0.25, 0.3) is 16.9 Å². The lowest BCUT2D eigenvalue weighted by atomic mass is 10.1. The maximum Gasteiger partial charge on any atom is 0.270 e. The third kappa shape index (κ3) is 4.85. The van der Waals surface area contributed by atoms with Gasteiger partial charge in [-0.3, -0.25) is 4.79 Å². The summed E-state index contributed by atoms with van der Waals surface area (Å²) in [4.78, 5) is 13.0. The largest absolute Gasteiger partial charge is 0.348 e. The molecule has 140 valence electrons. The zero-order valence-electron chi connectivity index (χ0n) is 16.1. The van der Waals surface area contributed by atoms with Crippen LogP contribution in [-0.2, 0) is 0 Å². The molecule has 1 amide bonds. The second-order valence-corrected chi connectivity index (χ2v) is 6.90. The molecule has 0 saturated heterocycles. The maximum atomic E-state index is 13.0. The van der Waals surface area contributed by atoms with Gasteiger partial charge >= 0.3 is 0 Å². The Morgan fingerprint density at radius 2 is 1.70 bits per heavy atom. The average Bonchev–Trinajstić information content (AvgIpc) is 3.15. The Hall–Kier alpha value is -2.88. The van der Waals surface area contributed by atoms with Crippen molar-refractivity contribution in [2.45, 2.75) is 45.6 Å². The van der Waals surface area contributed by atoms with Crippen LogP contribution in [0.1, 0.15) is 50.0 Å². The first kappa shape index (κ1) is 18.9. The molecule has 4 nitrogen and oxygen atoms in total. The molecule has 0 spiro atoms. The summed E-state index contributed by atoms with van der Waals surface area (Å²) in [6.45, 7) is 4.25. The number of nitrogens with zero attached hydrogens (tertiary/aromatic N) is 2. The van der Waals surface area contributed by atoms with E-state index < -0.39 is 0 Å². The summed E-state index contributed by atoms with van der Waals surface area (Å²) in [7, 11) is 0. The van der Waals surface area contributed by atoms with E-state index in [0.717, 1.165) is 29.8 Å². The highest BCUT2D eigenvalue weighted by Crippen LogP contribution is 2.21. The lowest BCUT2D eigenvalue weighted by molar-refractivity contribution is 0.0930. The highest BCUT2D eigenvalue weighted by Gasteiger charge is 2.19. The molecule has 3 rings (SSSR count). The van der Waals surface area contributed by atoms with Crippen LogP contribution in [-0.4, -0.2) is 21.7 Å². The molecule has 0 aliphatic carbocycles. The van der Waals surface area contributed by atoms with E-state index in [9.17, 15) is 4.79 Å². The van der Waals surface area contributed by atoms with Crippen LogP contribution in [0.4, 0.5) is 0 Å². The summed E-state index contributed by atoms with van der Waals surface area (Å²) >= 11 is 0. The molecule has 1 heterocycles. The number of unbranched alkanes of at least 4 members (excludes halogenated alkanes) is 2. The second-order valence-electron chi connectivity index (χ2n) is 6.90. The van der Waals surface area contributed by atoms with Gasteiger partial charge in [0.25, 0.3) is 5.91 Å². The second kappa shape index (κ2) is 9.17. The number of amides is 1. The van der Waals surface area contributed by atoms with Gasteiger partial charge in [0.1, 0.15) is 5.69 Å². The maximum absolute atomic E-state index is 13.0. The van der Waals surface area contributed by atoms with Crippen LogP contribution in [0, 0.1) is 0 Å².